The molecule has 3 atom stereocenters. The summed E-state index contributed by atoms with van der Waals surface area (Å²) in [6.07, 6.45) is 0. The van der Waals surface area contributed by atoms with E-state index in [9.17, 15) is 14.6 Å². The Kier molecular flexibility index (Phi) is 7.62. The number of hydrogen-bond donors (Lipinski definition) is 2. The molecule has 0 aromatic heterocycles. The third-order valence-corrected chi connectivity index (χ3v) is 4.51. The largest absolute Gasteiger partial charge is 0.466 e. The molecule has 8 heteroatoms. The van der Waals surface area contributed by atoms with Crippen molar-refractivity contribution in [3.8, 4) is 0 Å². The second kappa shape index (κ2) is 9.71. The molecule has 0 radical (unpaired) electrons. The Balaban J connectivity index is 1.92. The molecule has 1 aromatic rings. The second-order valence-corrected chi connectivity index (χ2v) is 6.53. The first-order chi connectivity index (χ1) is 12.4. The van der Waals surface area contributed by atoms with Gasteiger partial charge in [-0.1, -0.05) is 30.3 Å². The average Bonchev–Trinajstić information content (AvgIpc) is 3.05. The summed E-state index contributed by atoms with van der Waals surface area (Å²) in [5.74, 6) is -1.14. The average molecular weight is 362 g/mol. The lowest BCUT2D eigenvalue weighted by Crippen LogP contribution is -2.48. The third-order valence-electron chi connectivity index (χ3n) is 4.51. The fourth-order valence-corrected chi connectivity index (χ4v) is 3.04. The van der Waals surface area contributed by atoms with E-state index >= 15 is 0 Å². The Morgan fingerprint density at radius 1 is 1.31 bits per heavy atom. The number of carbonyl (C=O) groups excluding carboxylic acids is 2. The normalized spacial score (nSPS) is 21.2. The van der Waals surface area contributed by atoms with Crippen LogP contribution in [-0.2, 0) is 25.7 Å². The molecule has 1 aromatic carbocycles. The van der Waals surface area contributed by atoms with Crippen molar-refractivity contribution < 1.29 is 24.1 Å². The number of hydrogen-bond acceptors (Lipinski definition) is 7. The predicted molar refractivity (Wildman–Crippen MR) is 98.2 cm³/mol. The molecule has 0 unspecified atom stereocenters. The Morgan fingerprint density at radius 2 is 2.00 bits per heavy atom. The lowest BCUT2D eigenvalue weighted by atomic mass is 9.86. The van der Waals surface area contributed by atoms with Crippen LogP contribution in [0.3, 0.4) is 0 Å². The molecule has 142 valence electrons. The van der Waals surface area contributed by atoms with Crippen LogP contribution in [0.2, 0.25) is 6.82 Å². The van der Waals surface area contributed by atoms with Gasteiger partial charge in [-0.25, -0.2) is 0 Å². The van der Waals surface area contributed by atoms with Crippen LogP contribution in [0.25, 0.3) is 0 Å². The molecule has 0 saturated carbocycles. The summed E-state index contributed by atoms with van der Waals surface area (Å²) in [5.41, 5.74) is 0.915. The summed E-state index contributed by atoms with van der Waals surface area (Å²) in [6, 6.07) is 8.59. The first-order valence-electron chi connectivity index (χ1n) is 8.97. The number of esters is 2. The highest BCUT2D eigenvalue weighted by Crippen LogP contribution is 2.20. The Hall–Kier alpha value is -1.90. The van der Waals surface area contributed by atoms with Gasteiger partial charge in [0.2, 0.25) is 0 Å². The molecule has 7 nitrogen and oxygen atoms in total. The van der Waals surface area contributed by atoms with Gasteiger partial charge in [0.1, 0.15) is 12.6 Å². The maximum atomic E-state index is 12.3. The summed E-state index contributed by atoms with van der Waals surface area (Å²) >= 11 is 0. The molecule has 26 heavy (non-hydrogen) atoms. The van der Waals surface area contributed by atoms with Crippen molar-refractivity contribution in [2.24, 2.45) is 5.92 Å². The van der Waals surface area contributed by atoms with E-state index in [2.05, 4.69) is 5.32 Å². The fraction of sp³-hybridized carbons (Fsp3) is 0.556. The van der Waals surface area contributed by atoms with Gasteiger partial charge in [-0.05, 0) is 26.2 Å². The van der Waals surface area contributed by atoms with Crippen molar-refractivity contribution in [1.29, 1.82) is 0 Å². The van der Waals surface area contributed by atoms with Gasteiger partial charge in [-0.3, -0.25) is 14.9 Å². The number of ether oxygens (including phenoxy) is 2. The van der Waals surface area contributed by atoms with Crippen molar-refractivity contribution in [2.75, 3.05) is 19.7 Å². The Morgan fingerprint density at radius 3 is 2.62 bits per heavy atom. The van der Waals surface area contributed by atoms with E-state index in [1.165, 1.54) is 0 Å². The second-order valence-electron chi connectivity index (χ2n) is 6.53. The molecule has 0 bridgehead atoms. The summed E-state index contributed by atoms with van der Waals surface area (Å²) in [6.45, 7) is 6.47. The zero-order chi connectivity index (χ0) is 19.1. The number of nitrogens with zero attached hydrogens (tertiary/aromatic N) is 1. The topological polar surface area (TPSA) is 88.1 Å². The van der Waals surface area contributed by atoms with E-state index in [1.807, 2.05) is 30.3 Å². The van der Waals surface area contributed by atoms with Crippen molar-refractivity contribution in [2.45, 2.75) is 39.4 Å². The lowest BCUT2D eigenvalue weighted by Gasteiger charge is -2.22. The zero-order valence-electron chi connectivity index (χ0n) is 15.6. The van der Waals surface area contributed by atoms with Gasteiger partial charge in [0.05, 0.1) is 12.5 Å². The molecule has 0 amide bonds. The quantitative estimate of drug-likeness (QED) is 0.519. The molecule has 1 heterocycles. The maximum Gasteiger partial charge on any atom is 0.376 e. The van der Waals surface area contributed by atoms with E-state index in [-0.39, 0.29) is 24.6 Å². The van der Waals surface area contributed by atoms with E-state index in [1.54, 1.807) is 25.5 Å². The minimum absolute atomic E-state index is 0.206. The van der Waals surface area contributed by atoms with E-state index in [0.717, 1.165) is 5.56 Å². The minimum atomic E-state index is -0.668. The zero-order valence-corrected chi connectivity index (χ0v) is 15.6. The van der Waals surface area contributed by atoms with Gasteiger partial charge >= 0.3 is 19.0 Å². The summed E-state index contributed by atoms with van der Waals surface area (Å²) < 4.78 is 10.5. The van der Waals surface area contributed by atoms with Crippen molar-refractivity contribution >= 4 is 19.0 Å². The molecule has 2 N–H and O–H groups in total. The molecule has 0 aliphatic carbocycles. The summed E-state index contributed by atoms with van der Waals surface area (Å²) in [7, 11) is -0.668. The van der Waals surface area contributed by atoms with Crippen LogP contribution in [0.4, 0.5) is 0 Å². The van der Waals surface area contributed by atoms with Gasteiger partial charge in [0, 0.05) is 19.1 Å². The number of rotatable bonds is 8. The highest BCUT2D eigenvalue weighted by Gasteiger charge is 2.41. The van der Waals surface area contributed by atoms with Crippen LogP contribution in [0.5, 0.6) is 0 Å². The van der Waals surface area contributed by atoms with Crippen LogP contribution in [0.15, 0.2) is 30.3 Å². The maximum absolute atomic E-state index is 12.3. The molecule has 1 fully saturated rings. The number of nitrogens with one attached hydrogen (secondary N) is 1. The summed E-state index contributed by atoms with van der Waals surface area (Å²) in [4.78, 5) is 26.2. The van der Waals surface area contributed by atoms with Gasteiger partial charge in [-0.15, -0.1) is 0 Å². The minimum Gasteiger partial charge on any atom is -0.466 e. The molecule has 0 spiro atoms. The highest BCUT2D eigenvalue weighted by molar-refractivity contribution is 6.45. The van der Waals surface area contributed by atoms with Gasteiger partial charge in [0.25, 0.3) is 0 Å². The molecule has 1 saturated heterocycles. The molecule has 2 rings (SSSR count). The number of carbonyl (C=O) groups is 2. The van der Waals surface area contributed by atoms with Gasteiger partial charge < -0.3 is 19.3 Å². The standard InChI is InChI=1S/C18H27BN2O5/c1-4-25-18(23)15-10-21(19(3)24)11-16(15)20-13(2)17(22)26-12-14-8-6-5-7-9-14/h5-9,13,15-16,20,24H,4,10-12H2,1-3H3/t13-,15-,16-/m1/s1. The van der Waals surface area contributed by atoms with E-state index in [0.29, 0.717) is 19.7 Å². The van der Waals surface area contributed by atoms with Crippen LogP contribution in [0.1, 0.15) is 19.4 Å². The smallest absolute Gasteiger partial charge is 0.376 e. The molecular weight excluding hydrogens is 335 g/mol. The Labute approximate surface area is 154 Å². The Bertz CT molecular complexity index is 599. The molecule has 1 aliphatic heterocycles. The van der Waals surface area contributed by atoms with E-state index < -0.39 is 19.0 Å². The van der Waals surface area contributed by atoms with E-state index in [4.69, 9.17) is 9.47 Å². The molecule has 1 aliphatic rings. The monoisotopic (exact) mass is 362 g/mol. The lowest BCUT2D eigenvalue weighted by molar-refractivity contribution is -0.150. The number of benzene rings is 1. The van der Waals surface area contributed by atoms with Gasteiger partial charge in [-0.2, -0.15) is 0 Å². The summed E-state index contributed by atoms with van der Waals surface area (Å²) in [5, 5.41) is 13.0. The predicted octanol–water partition coefficient (Wildman–Crippen LogP) is 0.682. The fourth-order valence-electron chi connectivity index (χ4n) is 3.04. The van der Waals surface area contributed by atoms with Crippen LogP contribution < -0.4 is 5.32 Å². The van der Waals surface area contributed by atoms with Gasteiger partial charge in [0.15, 0.2) is 0 Å². The highest BCUT2D eigenvalue weighted by atomic mass is 16.5. The van der Waals surface area contributed by atoms with Crippen molar-refractivity contribution in [1.82, 2.24) is 10.1 Å². The van der Waals surface area contributed by atoms with Crippen molar-refractivity contribution in [3.05, 3.63) is 35.9 Å². The molecular formula is C18H27BN2O5. The van der Waals surface area contributed by atoms with Crippen molar-refractivity contribution in [3.63, 3.8) is 0 Å². The van der Waals surface area contributed by atoms with Crippen LogP contribution >= 0.6 is 0 Å². The SMILES string of the molecule is CCOC(=O)[C@@H]1CN(B(C)O)C[C@H]1N[C@H](C)C(=O)OCc1ccccc1. The first-order valence-corrected chi connectivity index (χ1v) is 8.97. The first kappa shape index (κ1) is 20.4. The van der Waals surface area contributed by atoms with Crippen LogP contribution in [-0.4, -0.2) is 60.6 Å². The van der Waals surface area contributed by atoms with Crippen LogP contribution in [0, 0.1) is 5.92 Å². The third kappa shape index (κ3) is 5.55.